The Balaban J connectivity index is 2.13. The van der Waals surface area contributed by atoms with Crippen molar-refractivity contribution in [2.45, 2.75) is 32.7 Å². The molecule has 3 nitrogen and oxygen atoms in total. The number of rotatable bonds is 6. The van der Waals surface area contributed by atoms with E-state index in [0.717, 1.165) is 30.8 Å². The van der Waals surface area contributed by atoms with E-state index in [2.05, 4.69) is 65.2 Å². The van der Waals surface area contributed by atoms with Gasteiger partial charge in [-0.25, -0.2) is 0 Å². The van der Waals surface area contributed by atoms with Crippen molar-refractivity contribution >= 4 is 21.6 Å². The Labute approximate surface area is 137 Å². The molecular formula is C17H27BrN2O. The first-order chi connectivity index (χ1) is 10.1. The van der Waals surface area contributed by atoms with Crippen LogP contribution >= 0.6 is 15.9 Å². The molecule has 0 aliphatic carbocycles. The van der Waals surface area contributed by atoms with Crippen molar-refractivity contribution in [3.8, 4) is 0 Å². The zero-order chi connectivity index (χ0) is 15.2. The summed E-state index contributed by atoms with van der Waals surface area (Å²) in [5.41, 5.74) is 2.67. The molecule has 1 aliphatic rings. The van der Waals surface area contributed by atoms with E-state index in [1.807, 2.05) is 0 Å². The standard InChI is InChI=1S/C17H27BrN2O/c1-4-19-13(2)16-8-7-15(18)10-17(16)20(3)11-14-6-5-9-21-12-14/h7-8,10,13-14,19H,4-6,9,11-12H2,1-3H3. The van der Waals surface area contributed by atoms with Gasteiger partial charge in [-0.3, -0.25) is 0 Å². The maximum Gasteiger partial charge on any atom is 0.0511 e. The molecule has 0 amide bonds. The smallest absolute Gasteiger partial charge is 0.0511 e. The Morgan fingerprint density at radius 2 is 2.29 bits per heavy atom. The SMILES string of the molecule is CCNC(C)c1ccc(Br)cc1N(C)CC1CCCOC1. The summed E-state index contributed by atoms with van der Waals surface area (Å²) in [6.07, 6.45) is 2.47. The largest absolute Gasteiger partial charge is 0.381 e. The van der Waals surface area contributed by atoms with Crippen LogP contribution in [0.15, 0.2) is 22.7 Å². The molecule has 2 rings (SSSR count). The van der Waals surface area contributed by atoms with E-state index in [1.54, 1.807) is 0 Å². The van der Waals surface area contributed by atoms with Crippen LogP contribution in [0.4, 0.5) is 5.69 Å². The quantitative estimate of drug-likeness (QED) is 0.835. The van der Waals surface area contributed by atoms with Crippen molar-refractivity contribution in [1.82, 2.24) is 5.32 Å². The highest BCUT2D eigenvalue weighted by molar-refractivity contribution is 9.10. The molecule has 0 spiro atoms. The predicted octanol–water partition coefficient (Wildman–Crippen LogP) is 3.98. The highest BCUT2D eigenvalue weighted by atomic mass is 79.9. The topological polar surface area (TPSA) is 24.5 Å². The van der Waals surface area contributed by atoms with E-state index in [-0.39, 0.29) is 0 Å². The molecule has 4 heteroatoms. The second-order valence-electron chi connectivity index (χ2n) is 5.95. The molecule has 0 aromatic heterocycles. The molecule has 1 saturated heterocycles. The number of hydrogen-bond acceptors (Lipinski definition) is 3. The lowest BCUT2D eigenvalue weighted by molar-refractivity contribution is 0.0576. The molecule has 1 N–H and O–H groups in total. The number of anilines is 1. The zero-order valence-corrected chi connectivity index (χ0v) is 14.9. The van der Waals surface area contributed by atoms with Crippen molar-refractivity contribution < 1.29 is 4.74 Å². The number of halogens is 1. The fourth-order valence-corrected chi connectivity index (χ4v) is 3.42. The number of benzene rings is 1. The lowest BCUT2D eigenvalue weighted by Crippen LogP contribution is -2.32. The summed E-state index contributed by atoms with van der Waals surface area (Å²) in [4.78, 5) is 2.38. The van der Waals surface area contributed by atoms with Crippen molar-refractivity contribution in [2.75, 3.05) is 38.3 Å². The average molecular weight is 355 g/mol. The third-order valence-electron chi connectivity index (χ3n) is 4.17. The minimum absolute atomic E-state index is 0.364. The third kappa shape index (κ3) is 4.70. The Kier molecular flexibility index (Phi) is 6.52. The molecule has 1 fully saturated rings. The van der Waals surface area contributed by atoms with Crippen LogP contribution < -0.4 is 10.2 Å². The molecule has 1 aromatic rings. The summed E-state index contributed by atoms with van der Waals surface area (Å²) in [5.74, 6) is 0.644. The van der Waals surface area contributed by atoms with Crippen LogP contribution in [0.2, 0.25) is 0 Å². The van der Waals surface area contributed by atoms with Gasteiger partial charge >= 0.3 is 0 Å². The second-order valence-corrected chi connectivity index (χ2v) is 6.86. The first kappa shape index (κ1) is 16.8. The van der Waals surface area contributed by atoms with Crippen LogP contribution in [0, 0.1) is 5.92 Å². The average Bonchev–Trinajstić information content (AvgIpc) is 2.48. The normalized spacial score (nSPS) is 20.3. The van der Waals surface area contributed by atoms with Crippen LogP contribution in [0.5, 0.6) is 0 Å². The third-order valence-corrected chi connectivity index (χ3v) is 4.66. The van der Waals surface area contributed by atoms with Gasteiger partial charge in [-0.05, 0) is 49.9 Å². The maximum absolute atomic E-state index is 5.61. The second kappa shape index (κ2) is 8.16. The summed E-state index contributed by atoms with van der Waals surface area (Å²) < 4.78 is 6.75. The number of nitrogens with zero attached hydrogens (tertiary/aromatic N) is 1. The molecule has 2 atom stereocenters. The van der Waals surface area contributed by atoms with Gasteiger partial charge in [-0.1, -0.05) is 28.9 Å². The first-order valence-electron chi connectivity index (χ1n) is 7.93. The minimum Gasteiger partial charge on any atom is -0.381 e. The van der Waals surface area contributed by atoms with Gasteiger partial charge in [-0.15, -0.1) is 0 Å². The van der Waals surface area contributed by atoms with Crippen molar-refractivity contribution in [3.63, 3.8) is 0 Å². The van der Waals surface area contributed by atoms with Gasteiger partial charge in [0.2, 0.25) is 0 Å². The number of hydrogen-bond donors (Lipinski definition) is 1. The van der Waals surface area contributed by atoms with Gasteiger partial charge < -0.3 is 15.0 Å². The van der Waals surface area contributed by atoms with E-state index in [4.69, 9.17) is 4.74 Å². The van der Waals surface area contributed by atoms with E-state index < -0.39 is 0 Å². The summed E-state index contributed by atoms with van der Waals surface area (Å²) in [6, 6.07) is 6.95. The van der Waals surface area contributed by atoms with Crippen LogP contribution in [0.25, 0.3) is 0 Å². The van der Waals surface area contributed by atoms with E-state index in [0.29, 0.717) is 12.0 Å². The molecule has 118 valence electrons. The maximum atomic E-state index is 5.61. The summed E-state index contributed by atoms with van der Waals surface area (Å²) in [5, 5.41) is 3.51. The molecule has 0 saturated carbocycles. The molecule has 1 aromatic carbocycles. The highest BCUT2D eigenvalue weighted by Crippen LogP contribution is 2.30. The van der Waals surface area contributed by atoms with Gasteiger partial charge in [0.25, 0.3) is 0 Å². The molecule has 0 radical (unpaired) electrons. The van der Waals surface area contributed by atoms with Crippen molar-refractivity contribution in [2.24, 2.45) is 5.92 Å². The summed E-state index contributed by atoms with van der Waals surface area (Å²) in [6.45, 7) is 8.25. The fraction of sp³-hybridized carbons (Fsp3) is 0.647. The zero-order valence-electron chi connectivity index (χ0n) is 13.4. The molecule has 1 heterocycles. The molecular weight excluding hydrogens is 328 g/mol. The number of ether oxygens (including phenoxy) is 1. The van der Waals surface area contributed by atoms with Crippen molar-refractivity contribution in [1.29, 1.82) is 0 Å². The molecule has 2 unspecified atom stereocenters. The number of nitrogens with one attached hydrogen (secondary N) is 1. The van der Waals surface area contributed by atoms with Crippen LogP contribution in [-0.2, 0) is 4.74 Å². The van der Waals surface area contributed by atoms with Gasteiger partial charge in [0.15, 0.2) is 0 Å². The van der Waals surface area contributed by atoms with E-state index >= 15 is 0 Å². The highest BCUT2D eigenvalue weighted by Gasteiger charge is 2.19. The van der Waals surface area contributed by atoms with E-state index in [1.165, 1.54) is 24.1 Å². The molecule has 21 heavy (non-hydrogen) atoms. The Bertz CT molecular complexity index is 446. The Morgan fingerprint density at radius 3 is 2.95 bits per heavy atom. The van der Waals surface area contributed by atoms with Crippen LogP contribution in [0.3, 0.4) is 0 Å². The predicted molar refractivity (Wildman–Crippen MR) is 93.0 cm³/mol. The van der Waals surface area contributed by atoms with Gasteiger partial charge in [-0.2, -0.15) is 0 Å². The van der Waals surface area contributed by atoms with Gasteiger partial charge in [0.05, 0.1) is 6.61 Å². The van der Waals surface area contributed by atoms with Gasteiger partial charge in [0, 0.05) is 36.4 Å². The monoisotopic (exact) mass is 354 g/mol. The minimum atomic E-state index is 0.364. The lowest BCUT2D eigenvalue weighted by atomic mass is 10.00. The fourth-order valence-electron chi connectivity index (χ4n) is 3.07. The molecule has 1 aliphatic heterocycles. The lowest BCUT2D eigenvalue weighted by Gasteiger charge is -2.31. The summed E-state index contributed by atoms with van der Waals surface area (Å²) >= 11 is 3.61. The van der Waals surface area contributed by atoms with E-state index in [9.17, 15) is 0 Å². The Hall–Kier alpha value is -0.580. The first-order valence-corrected chi connectivity index (χ1v) is 8.72. The van der Waals surface area contributed by atoms with Crippen LogP contribution in [0.1, 0.15) is 38.3 Å². The van der Waals surface area contributed by atoms with Crippen molar-refractivity contribution in [3.05, 3.63) is 28.2 Å². The Morgan fingerprint density at radius 1 is 1.48 bits per heavy atom. The van der Waals surface area contributed by atoms with Crippen LogP contribution in [-0.4, -0.2) is 33.4 Å². The summed E-state index contributed by atoms with van der Waals surface area (Å²) in [7, 11) is 2.19. The molecule has 0 bridgehead atoms. The van der Waals surface area contributed by atoms with Gasteiger partial charge in [0.1, 0.15) is 0 Å².